The molecule has 0 spiro atoms. The van der Waals surface area contributed by atoms with E-state index in [2.05, 4.69) is 36.2 Å². The summed E-state index contributed by atoms with van der Waals surface area (Å²) in [6, 6.07) is 8.23. The summed E-state index contributed by atoms with van der Waals surface area (Å²) in [5.41, 5.74) is 2.48. The number of morpholine rings is 1. The van der Waals surface area contributed by atoms with Crippen molar-refractivity contribution in [3.05, 3.63) is 47.2 Å². The van der Waals surface area contributed by atoms with Gasteiger partial charge >= 0.3 is 0 Å². The fourth-order valence-electron chi connectivity index (χ4n) is 3.07. The zero-order valence-corrected chi connectivity index (χ0v) is 15.5. The highest BCUT2D eigenvalue weighted by molar-refractivity contribution is 7.88. The molecule has 1 fully saturated rings. The van der Waals surface area contributed by atoms with Crippen LogP contribution in [0.25, 0.3) is 0 Å². The summed E-state index contributed by atoms with van der Waals surface area (Å²) in [7, 11) is -3.26. The van der Waals surface area contributed by atoms with Gasteiger partial charge in [0.25, 0.3) is 0 Å². The summed E-state index contributed by atoms with van der Waals surface area (Å²) < 4.78 is 36.1. The number of sulfonamides is 1. The molecule has 0 unspecified atom stereocenters. The maximum atomic E-state index is 11.7. The second kappa shape index (κ2) is 7.23. The van der Waals surface area contributed by atoms with Crippen LogP contribution in [0.5, 0.6) is 0 Å². The highest BCUT2D eigenvalue weighted by Gasteiger charge is 2.31. The van der Waals surface area contributed by atoms with E-state index in [0.29, 0.717) is 31.4 Å². The number of benzene rings is 1. The number of hydrogen-bond acceptors (Lipinski definition) is 6. The first-order chi connectivity index (χ1) is 11.8. The number of hydrogen-bond donors (Lipinski definition) is 0. The summed E-state index contributed by atoms with van der Waals surface area (Å²) >= 11 is 0. The van der Waals surface area contributed by atoms with Crippen molar-refractivity contribution in [2.24, 2.45) is 0 Å². The summed E-state index contributed by atoms with van der Waals surface area (Å²) in [4.78, 5) is 0. The minimum Gasteiger partial charge on any atom is -0.422 e. The van der Waals surface area contributed by atoms with E-state index < -0.39 is 16.1 Å². The van der Waals surface area contributed by atoms with E-state index in [1.165, 1.54) is 21.7 Å². The lowest BCUT2D eigenvalue weighted by Crippen LogP contribution is -2.41. The SMILES string of the molecule is Cc1ccccc1[C@@H](C)Cc1nnc([C@H]2CN(S(C)(=O)=O)CCO2)o1. The summed E-state index contributed by atoms with van der Waals surface area (Å²) in [6.45, 7) is 5.07. The van der Waals surface area contributed by atoms with E-state index in [4.69, 9.17) is 9.15 Å². The molecule has 1 saturated heterocycles. The molecule has 1 aromatic heterocycles. The van der Waals surface area contributed by atoms with Crippen LogP contribution < -0.4 is 0 Å². The Kier molecular flexibility index (Phi) is 5.21. The monoisotopic (exact) mass is 365 g/mol. The number of aromatic nitrogens is 2. The Bertz CT molecular complexity index is 834. The fourth-order valence-corrected chi connectivity index (χ4v) is 3.88. The summed E-state index contributed by atoms with van der Waals surface area (Å²) in [5.74, 6) is 1.11. The van der Waals surface area contributed by atoms with E-state index >= 15 is 0 Å². The molecule has 2 aromatic rings. The third kappa shape index (κ3) is 4.26. The summed E-state index contributed by atoms with van der Waals surface area (Å²) in [6.07, 6.45) is 1.30. The molecule has 8 heteroatoms. The van der Waals surface area contributed by atoms with Gasteiger partial charge in [-0.3, -0.25) is 0 Å². The van der Waals surface area contributed by atoms with Crippen molar-refractivity contribution in [3.63, 3.8) is 0 Å². The predicted octanol–water partition coefficient (Wildman–Crippen LogP) is 2.06. The molecule has 136 valence electrons. The van der Waals surface area contributed by atoms with Crippen molar-refractivity contribution in [1.82, 2.24) is 14.5 Å². The molecule has 7 nitrogen and oxygen atoms in total. The number of aryl methyl sites for hydroxylation is 1. The quantitative estimate of drug-likeness (QED) is 0.806. The Morgan fingerprint density at radius 3 is 2.80 bits per heavy atom. The fraction of sp³-hybridized carbons (Fsp3) is 0.529. The lowest BCUT2D eigenvalue weighted by Gasteiger charge is -2.29. The lowest BCUT2D eigenvalue weighted by atomic mass is 9.94. The Morgan fingerprint density at radius 2 is 2.08 bits per heavy atom. The first-order valence-corrected chi connectivity index (χ1v) is 10.1. The second-order valence-electron chi connectivity index (χ2n) is 6.48. The molecule has 1 aromatic carbocycles. The van der Waals surface area contributed by atoms with Crippen LogP contribution in [0.2, 0.25) is 0 Å². The van der Waals surface area contributed by atoms with Gasteiger partial charge in [-0.05, 0) is 24.0 Å². The lowest BCUT2D eigenvalue weighted by molar-refractivity contribution is -0.0176. The molecule has 2 heterocycles. The first-order valence-electron chi connectivity index (χ1n) is 8.29. The van der Waals surface area contributed by atoms with Crippen LogP contribution in [0.15, 0.2) is 28.7 Å². The number of nitrogens with zero attached hydrogens (tertiary/aromatic N) is 3. The number of rotatable bonds is 5. The highest BCUT2D eigenvalue weighted by atomic mass is 32.2. The normalized spacial score (nSPS) is 20.5. The van der Waals surface area contributed by atoms with Crippen LogP contribution in [-0.2, 0) is 21.2 Å². The molecule has 0 aliphatic carbocycles. The third-order valence-electron chi connectivity index (χ3n) is 4.46. The van der Waals surface area contributed by atoms with Crippen LogP contribution in [0, 0.1) is 6.92 Å². The number of ether oxygens (including phenoxy) is 1. The van der Waals surface area contributed by atoms with Crippen LogP contribution in [0.4, 0.5) is 0 Å². The van der Waals surface area contributed by atoms with E-state index in [0.717, 1.165) is 0 Å². The second-order valence-corrected chi connectivity index (χ2v) is 8.46. The minimum atomic E-state index is -3.26. The van der Waals surface area contributed by atoms with Gasteiger partial charge in [0.15, 0.2) is 0 Å². The van der Waals surface area contributed by atoms with Gasteiger partial charge in [-0.2, -0.15) is 4.31 Å². The Balaban J connectivity index is 1.69. The average molecular weight is 365 g/mol. The molecule has 3 rings (SSSR count). The molecule has 1 aliphatic rings. The summed E-state index contributed by atoms with van der Waals surface area (Å²) in [5, 5.41) is 8.17. The molecule has 0 radical (unpaired) electrons. The van der Waals surface area contributed by atoms with Gasteiger partial charge in [0.2, 0.25) is 21.8 Å². The maximum Gasteiger partial charge on any atom is 0.246 e. The van der Waals surface area contributed by atoms with Crippen molar-refractivity contribution < 1.29 is 17.6 Å². The van der Waals surface area contributed by atoms with E-state index in [1.807, 2.05) is 12.1 Å². The van der Waals surface area contributed by atoms with Gasteiger partial charge < -0.3 is 9.15 Å². The molecular formula is C17H23N3O4S. The van der Waals surface area contributed by atoms with Gasteiger partial charge in [0.1, 0.15) is 6.10 Å². The van der Waals surface area contributed by atoms with E-state index in [1.54, 1.807) is 0 Å². The molecule has 25 heavy (non-hydrogen) atoms. The van der Waals surface area contributed by atoms with Gasteiger partial charge in [0.05, 0.1) is 12.9 Å². The largest absolute Gasteiger partial charge is 0.422 e. The highest BCUT2D eigenvalue weighted by Crippen LogP contribution is 2.26. The molecule has 1 aliphatic heterocycles. The minimum absolute atomic E-state index is 0.202. The Labute approximate surface area is 148 Å². The van der Waals surface area contributed by atoms with Crippen LogP contribution in [0.3, 0.4) is 0 Å². The third-order valence-corrected chi connectivity index (χ3v) is 5.73. The topological polar surface area (TPSA) is 85.5 Å². The average Bonchev–Trinajstić information content (AvgIpc) is 3.03. The predicted molar refractivity (Wildman–Crippen MR) is 92.7 cm³/mol. The van der Waals surface area contributed by atoms with Crippen molar-refractivity contribution in [2.75, 3.05) is 26.0 Å². The van der Waals surface area contributed by atoms with Gasteiger partial charge in [-0.15, -0.1) is 10.2 Å². The van der Waals surface area contributed by atoms with Crippen LogP contribution >= 0.6 is 0 Å². The zero-order chi connectivity index (χ0) is 18.0. The van der Waals surface area contributed by atoms with Crippen molar-refractivity contribution in [3.8, 4) is 0 Å². The smallest absolute Gasteiger partial charge is 0.246 e. The van der Waals surface area contributed by atoms with E-state index in [-0.39, 0.29) is 12.5 Å². The van der Waals surface area contributed by atoms with Crippen molar-refractivity contribution >= 4 is 10.0 Å². The molecule has 0 bridgehead atoms. The van der Waals surface area contributed by atoms with E-state index in [9.17, 15) is 8.42 Å². The van der Waals surface area contributed by atoms with Gasteiger partial charge in [0, 0.05) is 19.5 Å². The first kappa shape index (κ1) is 18.0. The zero-order valence-electron chi connectivity index (χ0n) is 14.7. The maximum absolute atomic E-state index is 11.7. The standard InChI is InChI=1S/C17H23N3O4S/c1-12-6-4-5-7-14(12)13(2)10-16-18-19-17(24-16)15-11-20(8-9-23-15)25(3,21)22/h4-7,13,15H,8-11H2,1-3H3/t13-,15+/m0/s1. The molecule has 0 saturated carbocycles. The Morgan fingerprint density at radius 1 is 1.32 bits per heavy atom. The van der Waals surface area contributed by atoms with Crippen molar-refractivity contribution in [1.29, 1.82) is 0 Å². The molecule has 2 atom stereocenters. The Hall–Kier alpha value is -1.77. The molecule has 0 amide bonds. The van der Waals surface area contributed by atoms with Crippen LogP contribution in [-0.4, -0.2) is 48.9 Å². The van der Waals surface area contributed by atoms with Crippen molar-refractivity contribution in [2.45, 2.75) is 32.3 Å². The van der Waals surface area contributed by atoms with Gasteiger partial charge in [-0.1, -0.05) is 31.2 Å². The molecular weight excluding hydrogens is 342 g/mol. The molecule has 0 N–H and O–H groups in total. The van der Waals surface area contributed by atoms with Gasteiger partial charge in [-0.25, -0.2) is 8.42 Å². The van der Waals surface area contributed by atoms with Crippen LogP contribution in [0.1, 0.15) is 41.9 Å².